The van der Waals surface area contributed by atoms with Crippen molar-refractivity contribution in [2.75, 3.05) is 79.5 Å². The molecule has 0 saturated carbocycles. The number of nitrogens with one attached hydrogen (secondary N) is 4. The van der Waals surface area contributed by atoms with E-state index in [2.05, 4.69) is 42.2 Å². The van der Waals surface area contributed by atoms with Gasteiger partial charge in [-0.25, -0.2) is 19.6 Å². The number of H-pyrrole nitrogens is 2. The third-order valence-electron chi connectivity index (χ3n) is 14.5. The maximum Gasteiger partial charge on any atom is 0.318 e. The minimum Gasteiger partial charge on any atom is -0.340 e. The largest absolute Gasteiger partial charge is 0.340 e. The van der Waals surface area contributed by atoms with Crippen molar-refractivity contribution in [3.8, 4) is 34.4 Å². The lowest BCUT2D eigenvalue weighted by Gasteiger charge is -2.34. The molecular weight excluding hydrogens is 905 g/mol. The van der Waals surface area contributed by atoms with Crippen molar-refractivity contribution in [2.24, 2.45) is 0 Å². The molecule has 4 aromatic carbocycles. The van der Waals surface area contributed by atoms with Crippen LogP contribution in [0.25, 0.3) is 22.5 Å². The Morgan fingerprint density at radius 3 is 1.26 bits per heavy atom. The zero-order valence-corrected chi connectivity index (χ0v) is 41.0. The fourth-order valence-corrected chi connectivity index (χ4v) is 10.2. The minimum absolute atomic E-state index is 0.142. The summed E-state index contributed by atoms with van der Waals surface area (Å²) in [7, 11) is 4.09. The second-order valence-corrected chi connectivity index (χ2v) is 19.3. The number of carbonyl (C=O) groups is 4. The molecule has 4 atom stereocenters. The van der Waals surface area contributed by atoms with E-state index in [1.807, 2.05) is 145 Å². The van der Waals surface area contributed by atoms with Crippen LogP contribution < -0.4 is 10.6 Å². The number of hydrogen-bond acceptors (Lipinski definition) is 8. The average Bonchev–Trinajstić information content (AvgIpc) is 4.28. The molecular formula is C56H62N12O4. The van der Waals surface area contributed by atoms with Gasteiger partial charge in [-0.05, 0) is 86.3 Å². The van der Waals surface area contributed by atoms with E-state index in [4.69, 9.17) is 9.97 Å². The van der Waals surface area contributed by atoms with Crippen LogP contribution in [0.5, 0.6) is 0 Å². The maximum atomic E-state index is 14.4. The molecule has 4 N–H and O–H groups in total. The lowest BCUT2D eigenvalue weighted by molar-refractivity contribution is -0.135. The number of likely N-dealkylation sites (tertiary alicyclic amines) is 2. The Kier molecular flexibility index (Phi) is 14.5. The predicted octanol–water partition coefficient (Wildman–Crippen LogP) is 6.59. The molecule has 4 saturated heterocycles. The van der Waals surface area contributed by atoms with Gasteiger partial charge in [-0.3, -0.25) is 9.59 Å². The fraction of sp³-hybridized carbons (Fsp3) is 0.357. The van der Waals surface area contributed by atoms with Gasteiger partial charge in [0.15, 0.2) is 0 Å². The van der Waals surface area contributed by atoms with E-state index in [0.717, 1.165) is 108 Å². The Morgan fingerprint density at radius 1 is 0.514 bits per heavy atom. The smallest absolute Gasteiger partial charge is 0.318 e. The van der Waals surface area contributed by atoms with E-state index in [-0.39, 0.29) is 36.0 Å². The molecule has 0 bridgehead atoms. The zero-order chi connectivity index (χ0) is 49.6. The lowest BCUT2D eigenvalue weighted by Crippen LogP contribution is -2.53. The van der Waals surface area contributed by atoms with Crippen LogP contribution in [0.1, 0.15) is 83.8 Å². The van der Waals surface area contributed by atoms with Gasteiger partial charge in [0.05, 0.1) is 35.9 Å². The van der Waals surface area contributed by atoms with Gasteiger partial charge in [0.1, 0.15) is 23.7 Å². The van der Waals surface area contributed by atoms with Crippen LogP contribution in [0.15, 0.2) is 122 Å². The summed E-state index contributed by atoms with van der Waals surface area (Å²) in [6, 6.07) is 32.4. The zero-order valence-electron chi connectivity index (χ0n) is 41.0. The summed E-state index contributed by atoms with van der Waals surface area (Å²) >= 11 is 0. The molecule has 16 nitrogen and oxygen atoms in total. The number of hydrogen-bond donors (Lipinski definition) is 4. The molecule has 0 unspecified atom stereocenters. The molecule has 370 valence electrons. The number of nitrogens with zero attached hydrogens (tertiary/aromatic N) is 8. The SMILES string of the molecule is CN1CCN(C(=O)N[C@@H](C(=O)N2CCC[C@H]2c2ncc(-c3ccc(C#Cc4ccc(-c5cnc([C@@H]6CCCN6C(=O)[C@H](NC(=O)N6CCN(C)CC6)c6ccccc6)[nH]5)cc4)cc3)[nH]2)c2ccccc2)CC1. The summed E-state index contributed by atoms with van der Waals surface area (Å²) in [4.78, 5) is 83.8. The van der Waals surface area contributed by atoms with Gasteiger partial charge < -0.3 is 50.0 Å². The lowest BCUT2D eigenvalue weighted by atomic mass is 10.0. The molecule has 0 radical (unpaired) electrons. The summed E-state index contributed by atoms with van der Waals surface area (Å²) in [6.45, 7) is 6.79. The van der Waals surface area contributed by atoms with E-state index in [9.17, 15) is 19.2 Å². The number of aromatic nitrogens is 4. The monoisotopic (exact) mass is 967 g/mol. The van der Waals surface area contributed by atoms with Crippen molar-refractivity contribution in [3.63, 3.8) is 0 Å². The highest BCUT2D eigenvalue weighted by molar-refractivity contribution is 5.89. The van der Waals surface area contributed by atoms with Crippen molar-refractivity contribution in [1.82, 2.24) is 60.0 Å². The van der Waals surface area contributed by atoms with Gasteiger partial charge in [-0.1, -0.05) is 96.8 Å². The summed E-state index contributed by atoms with van der Waals surface area (Å²) in [5.74, 6) is 7.74. The molecule has 0 aliphatic carbocycles. The highest BCUT2D eigenvalue weighted by Crippen LogP contribution is 2.36. The first-order valence-corrected chi connectivity index (χ1v) is 25.2. The van der Waals surface area contributed by atoms with Gasteiger partial charge in [0.25, 0.3) is 0 Å². The van der Waals surface area contributed by atoms with Crippen LogP contribution in [-0.4, -0.2) is 153 Å². The van der Waals surface area contributed by atoms with E-state index < -0.39 is 12.1 Å². The van der Waals surface area contributed by atoms with Crippen molar-refractivity contribution in [2.45, 2.75) is 49.9 Å². The third kappa shape index (κ3) is 10.8. The fourth-order valence-electron chi connectivity index (χ4n) is 10.2. The second kappa shape index (κ2) is 21.7. The first kappa shape index (κ1) is 47.9. The van der Waals surface area contributed by atoms with Crippen LogP contribution in [0, 0.1) is 11.8 Å². The van der Waals surface area contributed by atoms with Gasteiger partial charge in [-0.15, -0.1) is 0 Å². The molecule has 4 aliphatic heterocycles. The Balaban J connectivity index is 0.765. The first-order chi connectivity index (χ1) is 35.1. The topological polar surface area (TPSA) is 169 Å². The van der Waals surface area contributed by atoms with Crippen LogP contribution in [0.2, 0.25) is 0 Å². The molecule has 6 aromatic rings. The normalized spacial score (nSPS) is 19.4. The van der Waals surface area contributed by atoms with E-state index in [1.54, 1.807) is 9.80 Å². The third-order valence-corrected chi connectivity index (χ3v) is 14.5. The first-order valence-electron chi connectivity index (χ1n) is 25.2. The van der Waals surface area contributed by atoms with Gasteiger partial charge in [-0.2, -0.15) is 0 Å². The Labute approximate surface area is 420 Å². The van der Waals surface area contributed by atoms with Crippen LogP contribution >= 0.6 is 0 Å². The van der Waals surface area contributed by atoms with Gasteiger partial charge >= 0.3 is 12.1 Å². The molecule has 4 fully saturated rings. The number of amides is 6. The van der Waals surface area contributed by atoms with Crippen LogP contribution in [-0.2, 0) is 9.59 Å². The molecule has 72 heavy (non-hydrogen) atoms. The summed E-state index contributed by atoms with van der Waals surface area (Å²) in [5, 5.41) is 6.15. The Morgan fingerprint density at radius 2 is 0.889 bits per heavy atom. The van der Waals surface area contributed by atoms with E-state index in [0.29, 0.717) is 39.3 Å². The van der Waals surface area contributed by atoms with Crippen molar-refractivity contribution in [3.05, 3.63) is 155 Å². The highest BCUT2D eigenvalue weighted by atomic mass is 16.2. The molecule has 16 heteroatoms. The maximum absolute atomic E-state index is 14.4. The van der Waals surface area contributed by atoms with Crippen molar-refractivity contribution in [1.29, 1.82) is 0 Å². The van der Waals surface area contributed by atoms with E-state index >= 15 is 0 Å². The summed E-state index contributed by atoms with van der Waals surface area (Å²) in [5.41, 5.74) is 6.83. The summed E-state index contributed by atoms with van der Waals surface area (Å²) < 4.78 is 0. The Hall–Kier alpha value is -7.74. The highest BCUT2D eigenvalue weighted by Gasteiger charge is 2.39. The summed E-state index contributed by atoms with van der Waals surface area (Å²) in [6.07, 6.45) is 6.83. The molecule has 2 aromatic heterocycles. The van der Waals surface area contributed by atoms with Crippen LogP contribution in [0.4, 0.5) is 9.59 Å². The number of likely N-dealkylation sites (N-methyl/N-ethyl adjacent to an activating group) is 2. The number of imidazole rings is 2. The number of rotatable bonds is 10. The quantitative estimate of drug-likeness (QED) is 0.112. The molecule has 6 amide bonds. The molecule has 6 heterocycles. The number of piperazine rings is 2. The van der Waals surface area contributed by atoms with E-state index in [1.165, 1.54) is 0 Å². The molecule has 0 spiro atoms. The van der Waals surface area contributed by atoms with Crippen LogP contribution in [0.3, 0.4) is 0 Å². The average molecular weight is 967 g/mol. The molecule has 4 aliphatic rings. The number of aromatic amines is 2. The predicted molar refractivity (Wildman–Crippen MR) is 275 cm³/mol. The van der Waals surface area contributed by atoms with Crippen molar-refractivity contribution >= 4 is 23.9 Å². The second-order valence-electron chi connectivity index (χ2n) is 19.3. The minimum atomic E-state index is -0.812. The molecule has 10 rings (SSSR count). The number of carbonyl (C=O) groups excluding carboxylic acids is 4. The van der Waals surface area contributed by atoms with Gasteiger partial charge in [0, 0.05) is 76.6 Å². The standard InChI is InChI=1S/C56H62N12O4/c1-63-29-33-65(34-30-63)55(71)61-49(43-11-5-3-6-12-43)53(69)67-27-9-15-47(67)51-57-37-45(59-51)41-23-19-39(20-24-41)17-18-40-21-25-42(26-22-40)46-38-58-52(60-46)48-16-10-28-68(48)54(70)50(44-13-7-4-8-14-44)62-56(72)66-35-31-64(2)32-36-66/h3-8,11-14,19-26,37-38,47-50H,9-10,15-16,27-36H2,1-2H3,(H,57,59)(H,58,60)(H,61,71)(H,62,72)/t47-,48-,49+,50+/m0/s1. The number of benzene rings is 4. The number of urea groups is 2. The van der Waals surface area contributed by atoms with Crippen molar-refractivity contribution < 1.29 is 19.2 Å². The Bertz CT molecular complexity index is 2700. The van der Waals surface area contributed by atoms with Gasteiger partial charge in [0.2, 0.25) is 11.8 Å².